The summed E-state index contributed by atoms with van der Waals surface area (Å²) in [7, 11) is 1.67. The zero-order valence-electron chi connectivity index (χ0n) is 23.2. The number of amides is 3. The predicted molar refractivity (Wildman–Crippen MR) is 159 cm³/mol. The fourth-order valence-corrected chi connectivity index (χ4v) is 4.90. The smallest absolute Gasteiger partial charge is 0.335 e. The molecule has 0 fully saturated rings. The summed E-state index contributed by atoms with van der Waals surface area (Å²) in [6, 6.07) is 21.6. The van der Waals surface area contributed by atoms with Gasteiger partial charge in [0.2, 0.25) is 0 Å². The third-order valence-electron chi connectivity index (χ3n) is 6.69. The molecule has 1 heterocycles. The van der Waals surface area contributed by atoms with E-state index in [-0.39, 0.29) is 43.5 Å². The maximum absolute atomic E-state index is 13.3. The molecule has 1 atom stereocenters. The van der Waals surface area contributed by atoms with Crippen LogP contribution in [-0.2, 0) is 9.53 Å². The van der Waals surface area contributed by atoms with Crippen LogP contribution < -0.4 is 15.8 Å². The van der Waals surface area contributed by atoms with Crippen molar-refractivity contribution in [2.24, 2.45) is 5.73 Å². The molecular weight excluding hydrogens is 560 g/mol. The second-order valence-corrected chi connectivity index (χ2v) is 10.0. The molecule has 0 saturated carbocycles. The maximum Gasteiger partial charge on any atom is 0.335 e. The number of ether oxygens (including phenoxy) is 2. The van der Waals surface area contributed by atoms with Crippen molar-refractivity contribution in [3.05, 3.63) is 106 Å². The average molecular weight is 593 g/mol. The van der Waals surface area contributed by atoms with Gasteiger partial charge in [-0.1, -0.05) is 48.0 Å². The van der Waals surface area contributed by atoms with Crippen molar-refractivity contribution in [2.45, 2.75) is 12.5 Å². The lowest BCUT2D eigenvalue weighted by Gasteiger charge is -2.38. The van der Waals surface area contributed by atoms with Crippen molar-refractivity contribution in [2.75, 3.05) is 39.9 Å². The van der Waals surface area contributed by atoms with Crippen LogP contribution in [0.25, 0.3) is 0 Å². The zero-order chi connectivity index (χ0) is 30.1. The fraction of sp³-hybridized carbons (Fsp3) is 0.258. The Morgan fingerprint density at radius 2 is 1.69 bits per heavy atom. The minimum atomic E-state index is -1.21. The summed E-state index contributed by atoms with van der Waals surface area (Å²) in [6.07, 6.45) is 0.387. The number of carbonyl (C=O) groups is 3. The Hall–Kier alpha value is -4.38. The predicted octanol–water partition coefficient (Wildman–Crippen LogP) is 4.67. The van der Waals surface area contributed by atoms with Gasteiger partial charge in [0.1, 0.15) is 11.5 Å². The minimum Gasteiger partial charge on any atom is -0.478 e. The third kappa shape index (κ3) is 7.47. The van der Waals surface area contributed by atoms with Crippen LogP contribution in [0.1, 0.15) is 28.4 Å². The highest BCUT2D eigenvalue weighted by molar-refractivity contribution is 6.31. The molecule has 1 aliphatic rings. The monoisotopic (exact) mass is 592 g/mol. The molecule has 1 unspecified atom stereocenters. The summed E-state index contributed by atoms with van der Waals surface area (Å²) < 4.78 is 11.2. The standard InChI is InChI=1S/C31H33ClN4O6/c1-35(29(37)21-12-14-23(15-13-21)42-22-8-3-2-4-9-22)17-7-18-36-28(24-10-5-6-11-25(24)32)27(30(38)39)26(34-31(36)40)20-41-19-16-33/h2-6,8-15,28H,7,16-20,33H2,1H3,(H,34,40)(H,38,39). The van der Waals surface area contributed by atoms with Crippen LogP contribution in [0.3, 0.4) is 0 Å². The van der Waals surface area contributed by atoms with Crippen LogP contribution in [0, 0.1) is 0 Å². The number of benzene rings is 3. The lowest BCUT2D eigenvalue weighted by Crippen LogP contribution is -2.50. The van der Waals surface area contributed by atoms with Gasteiger partial charge in [0, 0.05) is 37.3 Å². The highest BCUT2D eigenvalue weighted by atomic mass is 35.5. The molecule has 3 aromatic rings. The van der Waals surface area contributed by atoms with Crippen molar-refractivity contribution < 1.29 is 29.0 Å². The Morgan fingerprint density at radius 3 is 2.36 bits per heavy atom. The SMILES string of the molecule is CN(CCCN1C(=O)NC(COCCN)=C(C(=O)O)C1c1ccccc1Cl)C(=O)c1ccc(Oc2ccccc2)cc1. The number of hydrogen-bond donors (Lipinski definition) is 3. The van der Waals surface area contributed by atoms with Gasteiger partial charge >= 0.3 is 12.0 Å². The van der Waals surface area contributed by atoms with Crippen molar-refractivity contribution in [1.29, 1.82) is 0 Å². The highest BCUT2D eigenvalue weighted by Gasteiger charge is 2.39. The van der Waals surface area contributed by atoms with Gasteiger partial charge in [-0.2, -0.15) is 0 Å². The lowest BCUT2D eigenvalue weighted by molar-refractivity contribution is -0.133. The van der Waals surface area contributed by atoms with Crippen LogP contribution in [0.15, 0.2) is 90.1 Å². The summed E-state index contributed by atoms with van der Waals surface area (Å²) in [5.41, 5.74) is 6.57. The second kappa shape index (κ2) is 14.5. The third-order valence-corrected chi connectivity index (χ3v) is 7.03. The number of aliphatic carboxylic acids is 1. The number of halogens is 1. The molecule has 0 bridgehead atoms. The summed E-state index contributed by atoms with van der Waals surface area (Å²) in [4.78, 5) is 41.8. The van der Waals surface area contributed by atoms with Crippen molar-refractivity contribution in [1.82, 2.24) is 15.1 Å². The Morgan fingerprint density at radius 1 is 1.02 bits per heavy atom. The second-order valence-electron chi connectivity index (χ2n) is 9.61. The van der Waals surface area contributed by atoms with Crippen molar-refractivity contribution >= 4 is 29.5 Å². The van der Waals surface area contributed by atoms with E-state index in [1.165, 1.54) is 4.90 Å². The molecule has 0 saturated heterocycles. The van der Waals surface area contributed by atoms with E-state index in [0.717, 1.165) is 0 Å². The van der Waals surface area contributed by atoms with Gasteiger partial charge in [0.05, 0.1) is 30.5 Å². The Bertz CT molecular complexity index is 1430. The number of rotatable bonds is 13. The van der Waals surface area contributed by atoms with E-state index >= 15 is 0 Å². The van der Waals surface area contributed by atoms with Crippen LogP contribution in [0.5, 0.6) is 11.5 Å². The summed E-state index contributed by atoms with van der Waals surface area (Å²) in [5.74, 6) is -0.0976. The molecule has 0 radical (unpaired) electrons. The van der Waals surface area contributed by atoms with Gasteiger partial charge in [-0.15, -0.1) is 0 Å². The van der Waals surface area contributed by atoms with E-state index in [9.17, 15) is 19.5 Å². The number of urea groups is 1. The highest BCUT2D eigenvalue weighted by Crippen LogP contribution is 2.37. The number of nitrogens with zero attached hydrogens (tertiary/aromatic N) is 2. The normalized spacial score (nSPS) is 14.9. The van der Waals surface area contributed by atoms with Crippen LogP contribution in [-0.4, -0.2) is 72.7 Å². The largest absolute Gasteiger partial charge is 0.478 e. The summed E-state index contributed by atoms with van der Waals surface area (Å²) >= 11 is 6.48. The number of carboxylic acid groups (broad SMARTS) is 1. The van der Waals surface area contributed by atoms with E-state index < -0.39 is 18.0 Å². The minimum absolute atomic E-state index is 0.0398. The van der Waals surface area contributed by atoms with Crippen LogP contribution in [0.2, 0.25) is 5.02 Å². The van der Waals surface area contributed by atoms with Gasteiger partial charge in [0.15, 0.2) is 0 Å². The molecule has 3 aromatic carbocycles. The molecule has 0 aliphatic carbocycles. The molecule has 4 N–H and O–H groups in total. The summed E-state index contributed by atoms with van der Waals surface area (Å²) in [6.45, 7) is 0.818. The van der Waals surface area contributed by atoms with E-state index in [1.54, 1.807) is 60.5 Å². The topological polar surface area (TPSA) is 134 Å². The number of hydrogen-bond acceptors (Lipinski definition) is 6. The van der Waals surface area contributed by atoms with Gasteiger partial charge in [-0.25, -0.2) is 9.59 Å². The molecule has 0 aromatic heterocycles. The first-order valence-electron chi connectivity index (χ1n) is 13.4. The summed E-state index contributed by atoms with van der Waals surface area (Å²) in [5, 5.41) is 13.2. The quantitative estimate of drug-likeness (QED) is 0.245. The Kier molecular flexibility index (Phi) is 10.6. The molecule has 10 nitrogen and oxygen atoms in total. The van der Waals surface area contributed by atoms with E-state index in [0.29, 0.717) is 40.6 Å². The van der Waals surface area contributed by atoms with Gasteiger partial charge in [0.25, 0.3) is 5.91 Å². The van der Waals surface area contributed by atoms with Gasteiger partial charge in [-0.05, 0) is 54.4 Å². The van der Waals surface area contributed by atoms with Gasteiger partial charge < -0.3 is 35.4 Å². The Labute approximate surface area is 249 Å². The first-order chi connectivity index (χ1) is 20.3. The molecule has 3 amide bonds. The zero-order valence-corrected chi connectivity index (χ0v) is 23.9. The van der Waals surface area contributed by atoms with Crippen molar-refractivity contribution in [3.8, 4) is 11.5 Å². The van der Waals surface area contributed by atoms with Crippen LogP contribution >= 0.6 is 11.6 Å². The first-order valence-corrected chi connectivity index (χ1v) is 13.8. The lowest BCUT2D eigenvalue weighted by atomic mass is 9.93. The maximum atomic E-state index is 13.3. The number of carboxylic acids is 1. The average Bonchev–Trinajstić information content (AvgIpc) is 2.98. The molecule has 11 heteroatoms. The molecule has 220 valence electrons. The first kappa shape index (κ1) is 30.6. The fourth-order valence-electron chi connectivity index (χ4n) is 4.66. The molecular formula is C31H33ClN4O6. The van der Waals surface area contributed by atoms with E-state index in [4.69, 9.17) is 26.8 Å². The Balaban J connectivity index is 1.46. The van der Waals surface area contributed by atoms with E-state index in [1.807, 2.05) is 30.3 Å². The number of para-hydroxylation sites is 1. The molecule has 42 heavy (non-hydrogen) atoms. The molecule has 0 spiro atoms. The van der Waals surface area contributed by atoms with Crippen molar-refractivity contribution in [3.63, 3.8) is 0 Å². The van der Waals surface area contributed by atoms with Crippen LogP contribution in [0.4, 0.5) is 4.79 Å². The van der Waals surface area contributed by atoms with E-state index in [2.05, 4.69) is 5.32 Å². The molecule has 1 aliphatic heterocycles. The number of carbonyl (C=O) groups excluding carboxylic acids is 2. The number of nitrogens with one attached hydrogen (secondary N) is 1. The molecule has 4 rings (SSSR count). The number of nitrogens with two attached hydrogens (primary N) is 1. The van der Waals surface area contributed by atoms with Gasteiger partial charge in [-0.3, -0.25) is 4.79 Å².